The van der Waals surface area contributed by atoms with Crippen LogP contribution in [-0.4, -0.2) is 60.2 Å². The number of aromatic nitrogens is 3. The molecule has 0 fully saturated rings. The van der Waals surface area contributed by atoms with Gasteiger partial charge >= 0.3 is 0 Å². The Morgan fingerprint density at radius 1 is 0.973 bits per heavy atom. The molecule has 37 heavy (non-hydrogen) atoms. The van der Waals surface area contributed by atoms with Crippen LogP contribution in [0.1, 0.15) is 11.3 Å². The first-order valence-corrected chi connectivity index (χ1v) is 11.9. The van der Waals surface area contributed by atoms with E-state index in [1.54, 1.807) is 14.2 Å². The Morgan fingerprint density at radius 2 is 1.68 bits per heavy atom. The summed E-state index contributed by atoms with van der Waals surface area (Å²) in [5.74, 6) is 0.753. The number of fused-ring (bicyclic) bond motifs is 1. The van der Waals surface area contributed by atoms with Crippen molar-refractivity contribution >= 4 is 10.9 Å². The van der Waals surface area contributed by atoms with E-state index in [4.69, 9.17) is 14.2 Å². The summed E-state index contributed by atoms with van der Waals surface area (Å²) in [7, 11) is 5.19. The molecular formula is C27H31FN4O5. The zero-order chi connectivity index (χ0) is 26.4. The summed E-state index contributed by atoms with van der Waals surface area (Å²) in [5, 5.41) is 3.46. The summed E-state index contributed by atoms with van der Waals surface area (Å²) in [6.07, 6.45) is 0. The van der Waals surface area contributed by atoms with Gasteiger partial charge in [0, 0.05) is 26.3 Å². The molecule has 0 saturated heterocycles. The molecule has 0 amide bonds. The van der Waals surface area contributed by atoms with Crippen molar-refractivity contribution in [3.63, 3.8) is 0 Å². The molecule has 0 bridgehead atoms. The van der Waals surface area contributed by atoms with Gasteiger partial charge in [-0.25, -0.2) is 4.39 Å². The molecule has 0 aliphatic carbocycles. The standard InChI is InChI=1S/C27H31FN4O5/c1-30(14-15-35-2)12-13-32-27(34)26-23(29-32)16-25(33)31(17-19-4-8-21(36-3)9-5-19)24(26)18-37-22-10-6-20(28)7-11-22/h4-11,16,29H,12-15,17-18H2,1-3H3. The molecule has 4 rings (SSSR count). The molecule has 10 heteroatoms. The van der Waals surface area contributed by atoms with E-state index in [1.807, 2.05) is 31.3 Å². The molecule has 2 heterocycles. The number of nitrogens with zero attached hydrogens (tertiary/aromatic N) is 3. The highest BCUT2D eigenvalue weighted by Crippen LogP contribution is 2.19. The fraction of sp³-hybridized carbons (Fsp3) is 0.333. The first-order chi connectivity index (χ1) is 17.9. The van der Waals surface area contributed by atoms with Crippen LogP contribution in [0.2, 0.25) is 0 Å². The third kappa shape index (κ3) is 6.28. The fourth-order valence-corrected chi connectivity index (χ4v) is 4.06. The van der Waals surface area contributed by atoms with Crippen molar-refractivity contribution in [2.45, 2.75) is 19.7 Å². The Balaban J connectivity index is 1.72. The predicted molar refractivity (Wildman–Crippen MR) is 139 cm³/mol. The first kappa shape index (κ1) is 26.2. The number of methoxy groups -OCH3 is 2. The highest BCUT2D eigenvalue weighted by Gasteiger charge is 2.18. The van der Waals surface area contributed by atoms with Crippen molar-refractivity contribution in [2.24, 2.45) is 0 Å². The van der Waals surface area contributed by atoms with Gasteiger partial charge in [0.2, 0.25) is 0 Å². The number of aromatic amines is 1. The molecule has 2 aromatic carbocycles. The van der Waals surface area contributed by atoms with E-state index in [1.165, 1.54) is 39.6 Å². The van der Waals surface area contributed by atoms with Crippen molar-refractivity contribution in [1.29, 1.82) is 0 Å². The molecule has 0 aliphatic rings. The van der Waals surface area contributed by atoms with Crippen molar-refractivity contribution in [2.75, 3.05) is 41.0 Å². The van der Waals surface area contributed by atoms with Crippen LogP contribution in [-0.2, 0) is 24.4 Å². The highest BCUT2D eigenvalue weighted by molar-refractivity contribution is 5.80. The fourth-order valence-electron chi connectivity index (χ4n) is 4.06. The van der Waals surface area contributed by atoms with Gasteiger partial charge in [-0.2, -0.15) is 0 Å². The van der Waals surface area contributed by atoms with E-state index in [2.05, 4.69) is 10.00 Å². The zero-order valence-electron chi connectivity index (χ0n) is 21.2. The van der Waals surface area contributed by atoms with Gasteiger partial charge in [-0.3, -0.25) is 19.4 Å². The number of benzene rings is 2. The Kier molecular flexibility index (Phi) is 8.42. The number of likely N-dealkylation sites (N-methyl/N-ethyl adjacent to an activating group) is 1. The van der Waals surface area contributed by atoms with Crippen LogP contribution in [0, 0.1) is 5.82 Å². The van der Waals surface area contributed by atoms with Gasteiger partial charge in [0.15, 0.2) is 0 Å². The summed E-state index contributed by atoms with van der Waals surface area (Å²) < 4.78 is 32.6. The average molecular weight is 511 g/mol. The van der Waals surface area contributed by atoms with Gasteiger partial charge in [-0.15, -0.1) is 0 Å². The van der Waals surface area contributed by atoms with Gasteiger partial charge in [0.25, 0.3) is 11.1 Å². The number of rotatable bonds is 12. The van der Waals surface area contributed by atoms with Crippen molar-refractivity contribution in [3.8, 4) is 11.5 Å². The Hall–Kier alpha value is -3.89. The highest BCUT2D eigenvalue weighted by atomic mass is 19.1. The number of hydrogen-bond donors (Lipinski definition) is 1. The lowest BCUT2D eigenvalue weighted by atomic mass is 10.1. The molecule has 4 aromatic rings. The molecule has 0 radical (unpaired) electrons. The van der Waals surface area contributed by atoms with Crippen molar-refractivity contribution in [3.05, 3.63) is 92.4 Å². The summed E-state index contributed by atoms with van der Waals surface area (Å²) in [4.78, 5) is 28.8. The number of H-pyrrole nitrogens is 1. The second-order valence-corrected chi connectivity index (χ2v) is 8.76. The van der Waals surface area contributed by atoms with Crippen LogP contribution in [0.15, 0.2) is 64.2 Å². The van der Waals surface area contributed by atoms with Crippen LogP contribution < -0.4 is 20.6 Å². The molecule has 196 valence electrons. The quantitative estimate of drug-likeness (QED) is 0.315. The van der Waals surface area contributed by atoms with E-state index in [9.17, 15) is 14.0 Å². The third-order valence-corrected chi connectivity index (χ3v) is 6.20. The Morgan fingerprint density at radius 3 is 2.35 bits per heavy atom. The van der Waals surface area contributed by atoms with Gasteiger partial charge in [0.05, 0.1) is 43.4 Å². The first-order valence-electron chi connectivity index (χ1n) is 11.9. The lowest BCUT2D eigenvalue weighted by molar-refractivity contribution is 0.158. The third-order valence-electron chi connectivity index (χ3n) is 6.20. The van der Waals surface area contributed by atoms with Crippen LogP contribution in [0.5, 0.6) is 11.5 Å². The summed E-state index contributed by atoms with van der Waals surface area (Å²) in [6, 6.07) is 14.4. The second-order valence-electron chi connectivity index (χ2n) is 8.76. The monoisotopic (exact) mass is 510 g/mol. The molecular weight excluding hydrogens is 479 g/mol. The number of pyridine rings is 1. The second kappa shape index (κ2) is 11.9. The Labute approximate surface area is 213 Å². The normalized spacial score (nSPS) is 11.4. The van der Waals surface area contributed by atoms with E-state index in [0.29, 0.717) is 47.8 Å². The van der Waals surface area contributed by atoms with Crippen molar-refractivity contribution < 1.29 is 18.6 Å². The minimum absolute atomic E-state index is 0.0464. The molecule has 9 nitrogen and oxygen atoms in total. The molecule has 0 spiro atoms. The maximum absolute atomic E-state index is 13.5. The van der Waals surface area contributed by atoms with Crippen molar-refractivity contribution in [1.82, 2.24) is 19.2 Å². The smallest absolute Gasteiger partial charge is 0.276 e. The lowest BCUT2D eigenvalue weighted by Gasteiger charge is -2.15. The molecule has 0 saturated carbocycles. The average Bonchev–Trinajstić information content (AvgIpc) is 3.21. The maximum Gasteiger partial charge on any atom is 0.276 e. The topological polar surface area (TPSA) is 90.7 Å². The van der Waals surface area contributed by atoms with Crippen LogP contribution >= 0.6 is 0 Å². The van der Waals surface area contributed by atoms with Crippen LogP contribution in [0.25, 0.3) is 10.9 Å². The molecule has 1 N–H and O–H groups in total. The predicted octanol–water partition coefficient (Wildman–Crippen LogP) is 2.84. The van der Waals surface area contributed by atoms with Crippen LogP contribution in [0.4, 0.5) is 4.39 Å². The minimum Gasteiger partial charge on any atom is -0.497 e. The SMILES string of the molecule is COCCN(C)CCn1[nH]c2cc(=O)n(Cc3ccc(OC)cc3)c(COc3ccc(F)cc3)c2c1=O. The summed E-state index contributed by atoms with van der Waals surface area (Å²) in [5.41, 5.74) is 1.23. The largest absolute Gasteiger partial charge is 0.497 e. The zero-order valence-corrected chi connectivity index (χ0v) is 21.2. The van der Waals surface area contributed by atoms with E-state index < -0.39 is 0 Å². The molecule has 2 aromatic heterocycles. The summed E-state index contributed by atoms with van der Waals surface area (Å²) >= 11 is 0. The van der Waals surface area contributed by atoms with E-state index in [-0.39, 0.29) is 30.1 Å². The summed E-state index contributed by atoms with van der Waals surface area (Å²) in [6.45, 7) is 2.55. The Bertz CT molecular complexity index is 1440. The molecule has 0 aliphatic heterocycles. The lowest BCUT2D eigenvalue weighted by Crippen LogP contribution is -2.30. The number of hydrogen-bond acceptors (Lipinski definition) is 6. The van der Waals surface area contributed by atoms with Crippen LogP contribution in [0.3, 0.4) is 0 Å². The van der Waals surface area contributed by atoms with Gasteiger partial charge in [0.1, 0.15) is 23.9 Å². The number of ether oxygens (including phenoxy) is 3. The van der Waals surface area contributed by atoms with Gasteiger partial charge < -0.3 is 23.7 Å². The van der Waals surface area contributed by atoms with E-state index in [0.717, 1.165) is 12.1 Å². The minimum atomic E-state index is -0.380. The van der Waals surface area contributed by atoms with E-state index >= 15 is 0 Å². The molecule has 0 unspecified atom stereocenters. The number of nitrogens with one attached hydrogen (secondary N) is 1. The molecule has 0 atom stereocenters. The number of halogens is 1. The van der Waals surface area contributed by atoms with Gasteiger partial charge in [-0.1, -0.05) is 12.1 Å². The van der Waals surface area contributed by atoms with Gasteiger partial charge in [-0.05, 0) is 49.0 Å². The maximum atomic E-state index is 13.5.